The van der Waals surface area contributed by atoms with Gasteiger partial charge in [-0.3, -0.25) is 14.5 Å². The number of Topliss-reactive ketones (excluding diaryl/α,β-unsaturated/α-hetero) is 1. The maximum absolute atomic E-state index is 14.0. The number of halogens is 2. The number of nitrogens with zero attached hydrogens (tertiary/aromatic N) is 1. The van der Waals surface area contributed by atoms with Crippen LogP contribution in [0.1, 0.15) is 33.9 Å². The Bertz CT molecular complexity index is 1300. The van der Waals surface area contributed by atoms with Gasteiger partial charge in [0.05, 0.1) is 11.6 Å². The molecule has 0 bridgehead atoms. The van der Waals surface area contributed by atoms with Crippen LogP contribution in [-0.2, 0) is 9.59 Å². The molecule has 1 saturated heterocycles. The summed E-state index contributed by atoms with van der Waals surface area (Å²) in [6.45, 7) is 5.51. The quantitative estimate of drug-likeness (QED) is 0.336. The molecule has 1 atom stereocenters. The minimum absolute atomic E-state index is 0.0255. The molecule has 1 fully saturated rings. The van der Waals surface area contributed by atoms with E-state index in [-0.39, 0.29) is 17.0 Å². The van der Waals surface area contributed by atoms with Crippen LogP contribution in [0.5, 0.6) is 0 Å². The van der Waals surface area contributed by atoms with Crippen molar-refractivity contribution in [2.75, 3.05) is 4.90 Å². The molecule has 1 aliphatic rings. The lowest BCUT2D eigenvalue weighted by Gasteiger charge is -2.26. The second-order valence-corrected chi connectivity index (χ2v) is 8.00. The molecule has 1 aliphatic heterocycles. The van der Waals surface area contributed by atoms with Crippen molar-refractivity contribution in [3.63, 3.8) is 0 Å². The van der Waals surface area contributed by atoms with E-state index in [0.717, 1.165) is 33.7 Å². The number of ketones is 1. The van der Waals surface area contributed by atoms with Crippen molar-refractivity contribution in [2.24, 2.45) is 0 Å². The highest BCUT2D eigenvalue weighted by atomic mass is 19.2. The summed E-state index contributed by atoms with van der Waals surface area (Å²) in [6.07, 6.45) is 0. The number of carbonyl (C=O) groups is 2. The number of carbonyl (C=O) groups excluding carboxylic acids is 2. The molecule has 1 heterocycles. The summed E-state index contributed by atoms with van der Waals surface area (Å²) in [6, 6.07) is 14.6. The highest BCUT2D eigenvalue weighted by Crippen LogP contribution is 2.43. The van der Waals surface area contributed by atoms with E-state index in [0.29, 0.717) is 11.1 Å². The summed E-state index contributed by atoms with van der Waals surface area (Å²) in [5.41, 5.74) is 3.42. The number of hydrogen-bond acceptors (Lipinski definition) is 3. The molecule has 1 unspecified atom stereocenters. The number of aliphatic hydroxyl groups is 1. The Kier molecular flexibility index (Phi) is 5.38. The molecule has 1 N–H and O–H groups in total. The predicted octanol–water partition coefficient (Wildman–Crippen LogP) is 5.52. The average molecular weight is 433 g/mol. The first kappa shape index (κ1) is 21.4. The van der Waals surface area contributed by atoms with Gasteiger partial charge in [0.1, 0.15) is 5.76 Å². The van der Waals surface area contributed by atoms with E-state index in [1.54, 1.807) is 31.2 Å². The Labute approximate surface area is 184 Å². The number of hydrogen-bond donors (Lipinski definition) is 1. The Morgan fingerprint density at radius 2 is 1.59 bits per heavy atom. The number of aryl methyl sites for hydroxylation is 3. The molecule has 32 heavy (non-hydrogen) atoms. The van der Waals surface area contributed by atoms with Gasteiger partial charge in [-0.15, -0.1) is 0 Å². The zero-order valence-corrected chi connectivity index (χ0v) is 17.8. The molecule has 0 saturated carbocycles. The molecule has 4 rings (SSSR count). The molecule has 0 spiro atoms. The fraction of sp³-hybridized carbons (Fsp3) is 0.154. The van der Waals surface area contributed by atoms with Crippen molar-refractivity contribution in [1.82, 2.24) is 0 Å². The summed E-state index contributed by atoms with van der Waals surface area (Å²) >= 11 is 0. The Hall–Kier alpha value is -3.80. The molecule has 4 nitrogen and oxygen atoms in total. The number of rotatable bonds is 3. The molecule has 3 aromatic rings. The average Bonchev–Trinajstić information content (AvgIpc) is 3.02. The van der Waals surface area contributed by atoms with E-state index < -0.39 is 29.4 Å². The number of amides is 1. The summed E-state index contributed by atoms with van der Waals surface area (Å²) in [5.74, 6) is -4.31. The normalized spacial score (nSPS) is 17.8. The van der Waals surface area contributed by atoms with Crippen LogP contribution in [-0.4, -0.2) is 16.8 Å². The summed E-state index contributed by atoms with van der Waals surface area (Å²) in [7, 11) is 0. The maximum Gasteiger partial charge on any atom is 0.300 e. The predicted molar refractivity (Wildman–Crippen MR) is 118 cm³/mol. The topological polar surface area (TPSA) is 57.6 Å². The van der Waals surface area contributed by atoms with Gasteiger partial charge in [-0.25, -0.2) is 8.78 Å². The standard InChI is InChI=1S/C26H21F2NO3/c1-14-5-4-6-17(11-14)23-22(24(30)19-12-15(2)7-8-16(19)3)25(31)26(32)29(23)18-9-10-20(27)21(28)13-18/h4-13,23,30H,1-3H3/b24-22+. The van der Waals surface area contributed by atoms with Gasteiger partial charge in [-0.05, 0) is 50.1 Å². The molecule has 0 aromatic heterocycles. The highest BCUT2D eigenvalue weighted by molar-refractivity contribution is 6.51. The van der Waals surface area contributed by atoms with Crippen molar-refractivity contribution in [3.05, 3.63) is 106 Å². The van der Waals surface area contributed by atoms with Gasteiger partial charge in [0.25, 0.3) is 11.7 Å². The lowest BCUT2D eigenvalue weighted by atomic mass is 9.92. The third-order valence-corrected chi connectivity index (χ3v) is 5.63. The summed E-state index contributed by atoms with van der Waals surface area (Å²) < 4.78 is 27.6. The van der Waals surface area contributed by atoms with Gasteiger partial charge in [0, 0.05) is 17.3 Å². The number of benzene rings is 3. The van der Waals surface area contributed by atoms with Crippen LogP contribution in [0.3, 0.4) is 0 Å². The molecule has 3 aromatic carbocycles. The van der Waals surface area contributed by atoms with Crippen LogP contribution in [0, 0.1) is 32.4 Å². The number of anilines is 1. The molecule has 0 aliphatic carbocycles. The van der Waals surface area contributed by atoms with Gasteiger partial charge in [-0.1, -0.05) is 47.5 Å². The van der Waals surface area contributed by atoms with E-state index in [1.165, 1.54) is 6.07 Å². The molecular weight excluding hydrogens is 412 g/mol. The molecule has 1 amide bonds. The zero-order chi connectivity index (χ0) is 23.2. The van der Waals surface area contributed by atoms with Crippen molar-refractivity contribution < 1.29 is 23.5 Å². The van der Waals surface area contributed by atoms with Crippen LogP contribution in [0.4, 0.5) is 14.5 Å². The fourth-order valence-corrected chi connectivity index (χ4v) is 4.03. The van der Waals surface area contributed by atoms with Crippen molar-refractivity contribution in [1.29, 1.82) is 0 Å². The maximum atomic E-state index is 14.0. The minimum Gasteiger partial charge on any atom is -0.507 e. The summed E-state index contributed by atoms with van der Waals surface area (Å²) in [5, 5.41) is 11.2. The van der Waals surface area contributed by atoms with E-state index >= 15 is 0 Å². The Morgan fingerprint density at radius 1 is 0.875 bits per heavy atom. The Balaban J connectivity index is 2.00. The van der Waals surface area contributed by atoms with Crippen molar-refractivity contribution in [2.45, 2.75) is 26.8 Å². The smallest absolute Gasteiger partial charge is 0.300 e. The van der Waals surface area contributed by atoms with E-state index in [4.69, 9.17) is 0 Å². The van der Waals surface area contributed by atoms with Crippen LogP contribution < -0.4 is 4.90 Å². The molecular formula is C26H21F2NO3. The van der Waals surface area contributed by atoms with Gasteiger partial charge < -0.3 is 5.11 Å². The first-order chi connectivity index (χ1) is 15.2. The lowest BCUT2D eigenvalue weighted by Crippen LogP contribution is -2.29. The molecule has 0 radical (unpaired) electrons. The van der Waals surface area contributed by atoms with Crippen LogP contribution >= 0.6 is 0 Å². The van der Waals surface area contributed by atoms with E-state index in [2.05, 4.69) is 0 Å². The van der Waals surface area contributed by atoms with Gasteiger partial charge in [-0.2, -0.15) is 0 Å². The highest BCUT2D eigenvalue weighted by Gasteiger charge is 2.47. The summed E-state index contributed by atoms with van der Waals surface area (Å²) in [4.78, 5) is 27.3. The van der Waals surface area contributed by atoms with Gasteiger partial charge >= 0.3 is 0 Å². The second kappa shape index (κ2) is 8.04. The zero-order valence-electron chi connectivity index (χ0n) is 17.8. The molecule has 162 valence electrons. The SMILES string of the molecule is Cc1cccc(C2/C(=C(\O)c3cc(C)ccc3C)C(=O)C(=O)N2c2ccc(F)c(F)c2)c1. The van der Waals surface area contributed by atoms with Crippen LogP contribution in [0.15, 0.2) is 66.2 Å². The third kappa shape index (κ3) is 3.58. The van der Waals surface area contributed by atoms with Crippen LogP contribution in [0.25, 0.3) is 5.76 Å². The van der Waals surface area contributed by atoms with Crippen molar-refractivity contribution >= 4 is 23.1 Å². The van der Waals surface area contributed by atoms with E-state index in [9.17, 15) is 23.5 Å². The van der Waals surface area contributed by atoms with E-state index in [1.807, 2.05) is 32.0 Å². The Morgan fingerprint density at radius 3 is 2.28 bits per heavy atom. The minimum atomic E-state index is -1.14. The third-order valence-electron chi connectivity index (χ3n) is 5.63. The number of aliphatic hydroxyl groups excluding tert-OH is 1. The first-order valence-corrected chi connectivity index (χ1v) is 10.1. The van der Waals surface area contributed by atoms with Gasteiger partial charge in [0.15, 0.2) is 11.6 Å². The largest absolute Gasteiger partial charge is 0.507 e. The first-order valence-electron chi connectivity index (χ1n) is 10.1. The lowest BCUT2D eigenvalue weighted by molar-refractivity contribution is -0.132. The van der Waals surface area contributed by atoms with Crippen molar-refractivity contribution in [3.8, 4) is 0 Å². The van der Waals surface area contributed by atoms with Gasteiger partial charge in [0.2, 0.25) is 0 Å². The molecule has 6 heteroatoms. The monoisotopic (exact) mass is 433 g/mol. The second-order valence-electron chi connectivity index (χ2n) is 8.00. The van der Waals surface area contributed by atoms with Crippen LogP contribution in [0.2, 0.25) is 0 Å². The fourth-order valence-electron chi connectivity index (χ4n) is 4.03.